The van der Waals surface area contributed by atoms with Gasteiger partial charge >= 0.3 is 12.4 Å². The molecule has 1 unspecified atom stereocenters. The molecule has 0 rings (SSSR count). The topological polar surface area (TPSA) is 9.23 Å². The van der Waals surface area contributed by atoms with Crippen molar-refractivity contribution < 1.29 is 31.1 Å². The van der Waals surface area contributed by atoms with Gasteiger partial charge in [-0.15, -0.1) is 0 Å². The molecule has 18 heavy (non-hydrogen) atoms. The fourth-order valence-corrected chi connectivity index (χ4v) is 2.27. The number of hydrogen-bond donors (Lipinski definition) is 0. The van der Waals surface area contributed by atoms with E-state index in [2.05, 4.69) is 20.7 Å². The molecule has 0 aliphatic heterocycles. The third kappa shape index (κ3) is 5.77. The second-order valence-electron chi connectivity index (χ2n) is 5.01. The summed E-state index contributed by atoms with van der Waals surface area (Å²) in [7, 11) is 0. The van der Waals surface area contributed by atoms with Gasteiger partial charge in [-0.05, 0) is 11.3 Å². The average Bonchev–Trinajstić information content (AvgIpc) is 2.05. The van der Waals surface area contributed by atoms with Gasteiger partial charge in [-0.2, -0.15) is 26.3 Å². The third-order valence-electron chi connectivity index (χ3n) is 2.47. The lowest BCUT2D eigenvalue weighted by Gasteiger charge is -2.31. The number of halogens is 7. The molecule has 0 radical (unpaired) electrons. The lowest BCUT2D eigenvalue weighted by atomic mass is 9.83. The quantitative estimate of drug-likeness (QED) is 0.536. The van der Waals surface area contributed by atoms with E-state index in [1.165, 1.54) is 0 Å². The van der Waals surface area contributed by atoms with Crippen molar-refractivity contribution in [3.05, 3.63) is 0 Å². The van der Waals surface area contributed by atoms with E-state index < -0.39 is 36.4 Å². The van der Waals surface area contributed by atoms with E-state index in [0.29, 0.717) is 0 Å². The van der Waals surface area contributed by atoms with Crippen LogP contribution in [0.25, 0.3) is 0 Å². The Morgan fingerprint density at radius 2 is 1.33 bits per heavy atom. The van der Waals surface area contributed by atoms with Gasteiger partial charge in [0.2, 0.25) is 6.10 Å². The molecule has 0 saturated carbocycles. The molecule has 0 aromatic heterocycles. The van der Waals surface area contributed by atoms with Crippen molar-refractivity contribution in [2.75, 3.05) is 11.9 Å². The molecular weight excluding hydrogens is 330 g/mol. The molecule has 0 aromatic rings. The first-order valence-electron chi connectivity index (χ1n) is 5.11. The van der Waals surface area contributed by atoms with E-state index in [4.69, 9.17) is 0 Å². The summed E-state index contributed by atoms with van der Waals surface area (Å²) in [6, 6.07) is 0. The number of alkyl halides is 7. The molecule has 8 heteroatoms. The van der Waals surface area contributed by atoms with Gasteiger partial charge in [-0.1, -0.05) is 36.7 Å². The van der Waals surface area contributed by atoms with Gasteiger partial charge in [-0.3, -0.25) is 0 Å². The van der Waals surface area contributed by atoms with E-state index in [9.17, 15) is 26.3 Å². The molecule has 1 atom stereocenters. The molecule has 1 nitrogen and oxygen atoms in total. The standard InChI is InChI=1S/C10H15BrF6O/c1-8(2,3)6(4-11)5-18-7(9(12,13)14)10(15,16)17/h6-7H,4-5H2,1-3H3. The molecule has 0 aliphatic rings. The average molecular weight is 345 g/mol. The van der Waals surface area contributed by atoms with Gasteiger partial charge in [0.05, 0.1) is 6.61 Å². The Morgan fingerprint density at radius 1 is 0.944 bits per heavy atom. The molecule has 0 amide bonds. The first-order chi connectivity index (χ1) is 7.80. The van der Waals surface area contributed by atoms with Crippen molar-refractivity contribution in [3.8, 4) is 0 Å². The second-order valence-corrected chi connectivity index (χ2v) is 5.66. The van der Waals surface area contributed by atoms with E-state index in [1.807, 2.05) is 0 Å². The van der Waals surface area contributed by atoms with Crippen molar-refractivity contribution in [3.63, 3.8) is 0 Å². The normalized spacial score (nSPS) is 16.2. The van der Waals surface area contributed by atoms with E-state index >= 15 is 0 Å². The zero-order valence-electron chi connectivity index (χ0n) is 10.1. The van der Waals surface area contributed by atoms with E-state index in [-0.39, 0.29) is 5.33 Å². The van der Waals surface area contributed by atoms with Crippen LogP contribution in [0.15, 0.2) is 0 Å². The molecule has 0 N–H and O–H groups in total. The number of ether oxygens (including phenoxy) is 1. The van der Waals surface area contributed by atoms with Crippen LogP contribution in [0.5, 0.6) is 0 Å². The van der Waals surface area contributed by atoms with Crippen molar-refractivity contribution in [1.82, 2.24) is 0 Å². The summed E-state index contributed by atoms with van der Waals surface area (Å²) in [6.07, 6.45) is -14.6. The van der Waals surface area contributed by atoms with Crippen LogP contribution in [0.2, 0.25) is 0 Å². The molecule has 0 saturated heterocycles. The maximum atomic E-state index is 12.2. The van der Waals surface area contributed by atoms with Crippen molar-refractivity contribution >= 4 is 15.9 Å². The summed E-state index contributed by atoms with van der Waals surface area (Å²) >= 11 is 3.06. The summed E-state index contributed by atoms with van der Waals surface area (Å²) in [6.45, 7) is 4.55. The van der Waals surface area contributed by atoms with Gasteiger partial charge in [0.25, 0.3) is 0 Å². The van der Waals surface area contributed by atoms with Crippen LogP contribution in [0.3, 0.4) is 0 Å². The lowest BCUT2D eigenvalue weighted by molar-refractivity contribution is -0.324. The molecule has 0 spiro atoms. The Balaban J connectivity index is 4.74. The minimum Gasteiger partial charge on any atom is -0.361 e. The van der Waals surface area contributed by atoms with Crippen LogP contribution in [0, 0.1) is 11.3 Å². The summed E-state index contributed by atoms with van der Waals surface area (Å²) < 4.78 is 77.3. The van der Waals surface area contributed by atoms with Crippen LogP contribution in [0.1, 0.15) is 20.8 Å². The Kier molecular flexibility index (Phi) is 5.99. The van der Waals surface area contributed by atoms with Crippen LogP contribution in [-0.2, 0) is 4.74 Å². The van der Waals surface area contributed by atoms with Crippen molar-refractivity contribution in [1.29, 1.82) is 0 Å². The minimum atomic E-state index is -5.45. The van der Waals surface area contributed by atoms with Crippen LogP contribution < -0.4 is 0 Å². The van der Waals surface area contributed by atoms with Crippen molar-refractivity contribution in [2.45, 2.75) is 39.2 Å². The molecule has 0 bridgehead atoms. The van der Waals surface area contributed by atoms with E-state index in [1.54, 1.807) is 20.8 Å². The Morgan fingerprint density at radius 3 is 1.56 bits per heavy atom. The predicted octanol–water partition coefficient (Wildman–Crippen LogP) is 4.55. The summed E-state index contributed by atoms with van der Waals surface area (Å²) in [4.78, 5) is 0. The highest BCUT2D eigenvalue weighted by atomic mass is 79.9. The zero-order valence-corrected chi connectivity index (χ0v) is 11.7. The Labute approximate surface area is 110 Å². The lowest BCUT2D eigenvalue weighted by Crippen LogP contribution is -2.46. The van der Waals surface area contributed by atoms with Gasteiger partial charge < -0.3 is 4.74 Å². The molecule has 110 valence electrons. The molecule has 0 aliphatic carbocycles. The minimum absolute atomic E-state index is 0.263. The van der Waals surface area contributed by atoms with Gasteiger partial charge in [-0.25, -0.2) is 0 Å². The van der Waals surface area contributed by atoms with Crippen LogP contribution >= 0.6 is 15.9 Å². The molecule has 0 heterocycles. The SMILES string of the molecule is CC(C)(C)C(CBr)COC(C(F)(F)F)C(F)(F)F. The summed E-state index contributed by atoms with van der Waals surface area (Å²) in [5.41, 5.74) is -0.453. The molecule has 0 fully saturated rings. The first kappa shape index (κ1) is 18.0. The maximum Gasteiger partial charge on any atom is 0.423 e. The maximum absolute atomic E-state index is 12.2. The first-order valence-corrected chi connectivity index (χ1v) is 6.23. The second kappa shape index (κ2) is 5.98. The molecule has 0 aromatic carbocycles. The Hall–Kier alpha value is 0.0200. The van der Waals surface area contributed by atoms with Gasteiger partial charge in [0.1, 0.15) is 0 Å². The molecular formula is C10H15BrF6O. The number of rotatable bonds is 4. The Bertz CT molecular complexity index is 241. The van der Waals surface area contributed by atoms with Gasteiger partial charge in [0.15, 0.2) is 0 Å². The predicted molar refractivity (Wildman–Crippen MR) is 58.6 cm³/mol. The summed E-state index contributed by atoms with van der Waals surface area (Å²) in [5, 5.41) is 0.263. The highest BCUT2D eigenvalue weighted by Gasteiger charge is 2.58. The van der Waals surface area contributed by atoms with Crippen molar-refractivity contribution in [2.24, 2.45) is 11.3 Å². The largest absolute Gasteiger partial charge is 0.423 e. The van der Waals surface area contributed by atoms with Crippen LogP contribution in [-0.4, -0.2) is 30.4 Å². The third-order valence-corrected chi connectivity index (χ3v) is 3.25. The van der Waals surface area contributed by atoms with Crippen LogP contribution in [0.4, 0.5) is 26.3 Å². The monoisotopic (exact) mass is 344 g/mol. The highest BCUT2D eigenvalue weighted by Crippen LogP contribution is 2.37. The smallest absolute Gasteiger partial charge is 0.361 e. The summed E-state index contributed by atoms with van der Waals surface area (Å²) in [5.74, 6) is -0.454. The van der Waals surface area contributed by atoms with E-state index in [0.717, 1.165) is 0 Å². The van der Waals surface area contributed by atoms with Gasteiger partial charge in [0, 0.05) is 5.33 Å². The highest BCUT2D eigenvalue weighted by molar-refractivity contribution is 9.09. The fraction of sp³-hybridized carbons (Fsp3) is 1.00. The fourth-order valence-electron chi connectivity index (χ4n) is 1.11. The number of hydrogen-bond acceptors (Lipinski definition) is 1. The zero-order chi connectivity index (χ0) is 14.8.